The lowest BCUT2D eigenvalue weighted by molar-refractivity contribution is 0.597. The number of sulfone groups is 1. The van der Waals surface area contributed by atoms with Gasteiger partial charge in [-0.3, -0.25) is 0 Å². The van der Waals surface area contributed by atoms with E-state index in [1.165, 1.54) is 16.8 Å². The van der Waals surface area contributed by atoms with Crippen molar-refractivity contribution in [1.82, 2.24) is 0 Å². The van der Waals surface area contributed by atoms with Gasteiger partial charge < -0.3 is 4.90 Å². The molecule has 1 heterocycles. The fraction of sp³-hybridized carbons (Fsp3) is 0.571. The summed E-state index contributed by atoms with van der Waals surface area (Å²) in [5, 5.41) is 0.612. The van der Waals surface area contributed by atoms with Crippen LogP contribution < -0.4 is 4.90 Å². The van der Waals surface area contributed by atoms with Gasteiger partial charge in [0.1, 0.15) is 9.84 Å². The van der Waals surface area contributed by atoms with Gasteiger partial charge in [0, 0.05) is 29.5 Å². The van der Waals surface area contributed by atoms with Gasteiger partial charge in [-0.1, -0.05) is 19.1 Å². The first-order chi connectivity index (χ1) is 8.96. The monoisotopic (exact) mass is 299 g/mol. The van der Waals surface area contributed by atoms with E-state index in [-0.39, 0.29) is 5.75 Å². The predicted octanol–water partition coefficient (Wildman–Crippen LogP) is 2.81. The summed E-state index contributed by atoms with van der Waals surface area (Å²) in [5.74, 6) is 0.272. The van der Waals surface area contributed by atoms with E-state index in [9.17, 15) is 8.42 Å². The van der Waals surface area contributed by atoms with Gasteiger partial charge in [0.15, 0.2) is 0 Å². The molecule has 0 spiro atoms. The topological polar surface area (TPSA) is 37.4 Å². The smallest absolute Gasteiger partial charge is 0.147 e. The molecule has 0 bridgehead atoms. The standard InChI is InChI=1S/C14H21NO2S2/c1-12-8-10-15(9-5-11-19(2,16)17)13-6-3-4-7-14(13)18-12/h3-4,6-7,12H,5,8-11H2,1-2H3. The molecule has 0 aliphatic carbocycles. The lowest BCUT2D eigenvalue weighted by atomic mass is 10.2. The van der Waals surface area contributed by atoms with Gasteiger partial charge in [-0.2, -0.15) is 0 Å². The lowest BCUT2D eigenvalue weighted by Gasteiger charge is -2.24. The number of fused-ring (bicyclic) bond motifs is 1. The Morgan fingerprint density at radius 1 is 1.37 bits per heavy atom. The van der Waals surface area contributed by atoms with Gasteiger partial charge in [0.25, 0.3) is 0 Å². The van der Waals surface area contributed by atoms with E-state index in [0.717, 1.165) is 19.5 Å². The number of benzene rings is 1. The third-order valence-electron chi connectivity index (χ3n) is 3.28. The summed E-state index contributed by atoms with van der Waals surface area (Å²) in [4.78, 5) is 3.64. The summed E-state index contributed by atoms with van der Waals surface area (Å²) in [7, 11) is -2.85. The number of anilines is 1. The van der Waals surface area contributed by atoms with Crippen LogP contribution in [-0.2, 0) is 9.84 Å². The lowest BCUT2D eigenvalue weighted by Crippen LogP contribution is -2.27. The molecule has 0 aromatic heterocycles. The predicted molar refractivity (Wildman–Crippen MR) is 82.9 cm³/mol. The molecule has 106 valence electrons. The highest BCUT2D eigenvalue weighted by Gasteiger charge is 2.19. The van der Waals surface area contributed by atoms with E-state index >= 15 is 0 Å². The molecular formula is C14H21NO2S2. The molecule has 19 heavy (non-hydrogen) atoms. The summed E-state index contributed by atoms with van der Waals surface area (Å²) < 4.78 is 22.4. The molecule has 0 N–H and O–H groups in total. The zero-order chi connectivity index (χ0) is 13.9. The number of thioether (sulfide) groups is 1. The van der Waals surface area contributed by atoms with Gasteiger partial charge in [-0.15, -0.1) is 11.8 Å². The van der Waals surface area contributed by atoms with Crippen molar-refractivity contribution in [3.8, 4) is 0 Å². The summed E-state index contributed by atoms with van der Waals surface area (Å²) in [6, 6.07) is 8.42. The van der Waals surface area contributed by atoms with E-state index in [0.29, 0.717) is 11.7 Å². The normalized spacial score (nSPS) is 19.9. The van der Waals surface area contributed by atoms with Crippen molar-refractivity contribution in [2.24, 2.45) is 0 Å². The Morgan fingerprint density at radius 2 is 2.11 bits per heavy atom. The highest BCUT2D eigenvalue weighted by atomic mass is 32.2. The van der Waals surface area contributed by atoms with Crippen molar-refractivity contribution < 1.29 is 8.42 Å². The Bertz CT molecular complexity index is 528. The zero-order valence-corrected chi connectivity index (χ0v) is 13.1. The first kappa shape index (κ1) is 14.7. The van der Waals surface area contributed by atoms with Crippen molar-refractivity contribution in [2.75, 3.05) is 30.0 Å². The Labute approximate surface area is 120 Å². The molecule has 1 aliphatic rings. The molecule has 1 aromatic rings. The van der Waals surface area contributed by atoms with Crippen molar-refractivity contribution in [3.63, 3.8) is 0 Å². The molecule has 5 heteroatoms. The molecule has 1 aliphatic heterocycles. The van der Waals surface area contributed by atoms with Crippen LogP contribution in [0.15, 0.2) is 29.2 Å². The molecule has 0 saturated carbocycles. The molecule has 0 amide bonds. The number of rotatable bonds is 4. The van der Waals surface area contributed by atoms with Gasteiger partial charge in [-0.25, -0.2) is 8.42 Å². The second-order valence-corrected chi connectivity index (χ2v) is 8.90. The average molecular weight is 299 g/mol. The average Bonchev–Trinajstić information content (AvgIpc) is 2.47. The molecule has 1 atom stereocenters. The molecule has 0 fully saturated rings. The molecule has 0 saturated heterocycles. The van der Waals surface area contributed by atoms with Crippen LogP contribution in [0.2, 0.25) is 0 Å². The maximum absolute atomic E-state index is 11.2. The molecule has 0 radical (unpaired) electrons. The van der Waals surface area contributed by atoms with Gasteiger partial charge in [0.2, 0.25) is 0 Å². The Kier molecular flexibility index (Phi) is 4.79. The van der Waals surface area contributed by atoms with Crippen molar-refractivity contribution >= 4 is 27.3 Å². The third-order valence-corrected chi connectivity index (χ3v) is 5.55. The van der Waals surface area contributed by atoms with Gasteiger partial charge >= 0.3 is 0 Å². The maximum atomic E-state index is 11.2. The summed E-state index contributed by atoms with van der Waals surface area (Å²) in [6.45, 7) is 4.08. The second-order valence-electron chi connectivity index (χ2n) is 5.16. The highest BCUT2D eigenvalue weighted by Crippen LogP contribution is 2.37. The quantitative estimate of drug-likeness (QED) is 0.857. The van der Waals surface area contributed by atoms with Crippen LogP contribution in [0, 0.1) is 0 Å². The van der Waals surface area contributed by atoms with Crippen LogP contribution in [0.5, 0.6) is 0 Å². The largest absolute Gasteiger partial charge is 0.371 e. The summed E-state index contributed by atoms with van der Waals surface area (Å²) >= 11 is 1.92. The Morgan fingerprint density at radius 3 is 2.84 bits per heavy atom. The highest BCUT2D eigenvalue weighted by molar-refractivity contribution is 8.00. The van der Waals surface area contributed by atoms with Crippen LogP contribution in [0.1, 0.15) is 19.8 Å². The Balaban J connectivity index is 2.08. The number of hydrogen-bond donors (Lipinski definition) is 0. The molecule has 2 rings (SSSR count). The number of para-hydroxylation sites is 1. The van der Waals surface area contributed by atoms with Crippen LogP contribution in [0.25, 0.3) is 0 Å². The summed E-state index contributed by atoms with van der Waals surface area (Å²) in [6.07, 6.45) is 3.14. The van der Waals surface area contributed by atoms with Crippen molar-refractivity contribution in [3.05, 3.63) is 24.3 Å². The van der Waals surface area contributed by atoms with E-state index < -0.39 is 9.84 Å². The molecule has 1 aromatic carbocycles. The second kappa shape index (κ2) is 6.18. The fourth-order valence-electron chi connectivity index (χ4n) is 2.30. The molecule has 1 unspecified atom stereocenters. The summed E-state index contributed by atoms with van der Waals surface area (Å²) in [5.41, 5.74) is 1.25. The zero-order valence-electron chi connectivity index (χ0n) is 11.5. The van der Waals surface area contributed by atoms with E-state index in [2.05, 4.69) is 36.1 Å². The van der Waals surface area contributed by atoms with Crippen LogP contribution >= 0.6 is 11.8 Å². The minimum absolute atomic E-state index is 0.272. The first-order valence-electron chi connectivity index (χ1n) is 6.64. The van der Waals surface area contributed by atoms with Crippen LogP contribution in [0.4, 0.5) is 5.69 Å². The van der Waals surface area contributed by atoms with E-state index in [1.807, 2.05) is 11.8 Å². The van der Waals surface area contributed by atoms with Crippen molar-refractivity contribution in [2.45, 2.75) is 29.9 Å². The van der Waals surface area contributed by atoms with Gasteiger partial charge in [0.05, 0.1) is 11.4 Å². The minimum Gasteiger partial charge on any atom is -0.371 e. The molecule has 3 nitrogen and oxygen atoms in total. The van der Waals surface area contributed by atoms with Crippen LogP contribution in [0.3, 0.4) is 0 Å². The van der Waals surface area contributed by atoms with Crippen LogP contribution in [-0.4, -0.2) is 38.8 Å². The number of nitrogens with zero attached hydrogens (tertiary/aromatic N) is 1. The molecular weight excluding hydrogens is 278 g/mol. The third kappa shape index (κ3) is 4.42. The SMILES string of the molecule is CC1CCN(CCCS(C)(=O)=O)c2ccccc2S1. The van der Waals surface area contributed by atoms with E-state index in [1.54, 1.807) is 0 Å². The Hall–Kier alpha value is -0.680. The minimum atomic E-state index is -2.85. The van der Waals surface area contributed by atoms with E-state index in [4.69, 9.17) is 0 Å². The van der Waals surface area contributed by atoms with Crippen molar-refractivity contribution in [1.29, 1.82) is 0 Å². The maximum Gasteiger partial charge on any atom is 0.147 e. The first-order valence-corrected chi connectivity index (χ1v) is 9.58. The van der Waals surface area contributed by atoms with Gasteiger partial charge in [-0.05, 0) is 25.0 Å². The fourth-order valence-corrected chi connectivity index (χ4v) is 4.09. The number of hydrogen-bond acceptors (Lipinski definition) is 4.